The molecule has 180 valence electrons. The average molecular weight is 488 g/mol. The van der Waals surface area contributed by atoms with Crippen LogP contribution in [0, 0.1) is 11.8 Å². The third kappa shape index (κ3) is 4.89. The maximum atomic E-state index is 13.4. The topological polar surface area (TPSA) is 73.7 Å². The molecule has 2 aliphatic rings. The lowest BCUT2D eigenvalue weighted by Gasteiger charge is -2.57. The molecule has 0 spiro atoms. The van der Waals surface area contributed by atoms with Crippen LogP contribution in [0.3, 0.4) is 0 Å². The molecule has 0 unspecified atom stereocenters. The van der Waals surface area contributed by atoms with Crippen molar-refractivity contribution >= 4 is 10.0 Å². The normalized spacial score (nSPS) is 23.2. The molecule has 0 aliphatic carbocycles. The highest BCUT2D eigenvalue weighted by Gasteiger charge is 2.50. The van der Waals surface area contributed by atoms with Crippen LogP contribution in [0.4, 0.5) is 0 Å². The van der Waals surface area contributed by atoms with Crippen molar-refractivity contribution in [3.05, 3.63) is 95.8 Å². The highest BCUT2D eigenvalue weighted by Crippen LogP contribution is 2.42. The summed E-state index contributed by atoms with van der Waals surface area (Å²) in [7, 11) is -3.57. The number of aromatic nitrogens is 1. The van der Waals surface area contributed by atoms with Gasteiger partial charge in [-0.25, -0.2) is 8.42 Å². The molecule has 3 heterocycles. The predicted molar refractivity (Wildman–Crippen MR) is 135 cm³/mol. The van der Waals surface area contributed by atoms with Crippen LogP contribution in [0.1, 0.15) is 35.4 Å². The Morgan fingerprint density at radius 2 is 1.66 bits per heavy atom. The quantitative estimate of drug-likeness (QED) is 0.573. The largest absolute Gasteiger partial charge is 0.395 e. The van der Waals surface area contributed by atoms with Gasteiger partial charge in [-0.05, 0) is 61.3 Å². The van der Waals surface area contributed by atoms with Gasteiger partial charge in [0.1, 0.15) is 0 Å². The number of pyridine rings is 1. The smallest absolute Gasteiger partial charge is 0.243 e. The maximum Gasteiger partial charge on any atom is 0.243 e. The number of aliphatic hydroxyl groups excluding tert-OH is 1. The van der Waals surface area contributed by atoms with Gasteiger partial charge in [0.2, 0.25) is 10.0 Å². The van der Waals surface area contributed by atoms with E-state index in [-0.39, 0.29) is 24.6 Å². The van der Waals surface area contributed by atoms with E-state index in [9.17, 15) is 13.5 Å². The SMILES string of the molecule is O=S(=O)(c1ccccc1)N1CCCCN2[C@H](CO)[C@@H](c3ccc(C#Cc4cccnc4)cc3)[C@H]2C1. The van der Waals surface area contributed by atoms with Crippen molar-refractivity contribution in [1.29, 1.82) is 0 Å². The van der Waals surface area contributed by atoms with Gasteiger partial charge in [-0.3, -0.25) is 9.88 Å². The number of fused-ring (bicyclic) bond motifs is 1. The fraction of sp³-hybridized carbons (Fsp3) is 0.321. The fourth-order valence-corrected chi connectivity index (χ4v) is 6.76. The summed E-state index contributed by atoms with van der Waals surface area (Å²) >= 11 is 0. The van der Waals surface area contributed by atoms with Crippen LogP contribution in [-0.2, 0) is 10.0 Å². The Balaban J connectivity index is 1.38. The van der Waals surface area contributed by atoms with E-state index in [4.69, 9.17) is 0 Å². The standard InChI is InChI=1S/C28H29N3O3S/c32-21-27-28(24-14-12-22(13-15-24)10-11-23-7-6-16-29-19-23)26-20-30(17-4-5-18-31(26)27)35(33,34)25-8-2-1-3-9-25/h1-3,6-9,12-16,19,26-28,32H,4-5,17-18,20-21H2/t26-,27-,28+/m1/s1. The lowest BCUT2D eigenvalue weighted by atomic mass is 9.74. The third-order valence-electron chi connectivity index (χ3n) is 7.02. The summed E-state index contributed by atoms with van der Waals surface area (Å²) in [5, 5.41) is 10.2. The molecule has 1 N–H and O–H groups in total. The van der Waals surface area contributed by atoms with E-state index in [2.05, 4.69) is 33.9 Å². The summed E-state index contributed by atoms with van der Waals surface area (Å²) in [6, 6.07) is 20.6. The molecule has 3 aromatic rings. The first-order valence-corrected chi connectivity index (χ1v) is 13.5. The zero-order chi connectivity index (χ0) is 24.3. The Kier molecular flexibility index (Phi) is 6.98. The zero-order valence-electron chi connectivity index (χ0n) is 19.5. The van der Waals surface area contributed by atoms with Gasteiger partial charge in [0.05, 0.1) is 11.5 Å². The summed E-state index contributed by atoms with van der Waals surface area (Å²) < 4.78 is 28.4. The van der Waals surface area contributed by atoms with E-state index >= 15 is 0 Å². The Labute approximate surface area is 207 Å². The molecule has 7 heteroatoms. The minimum absolute atomic E-state index is 0.00768. The number of nitrogens with zero attached hydrogens (tertiary/aromatic N) is 3. The van der Waals surface area contributed by atoms with Crippen molar-refractivity contribution in [1.82, 2.24) is 14.2 Å². The van der Waals surface area contributed by atoms with Crippen molar-refractivity contribution in [3.63, 3.8) is 0 Å². The van der Waals surface area contributed by atoms with Gasteiger partial charge < -0.3 is 5.11 Å². The van der Waals surface area contributed by atoms with Crippen LogP contribution >= 0.6 is 0 Å². The number of benzene rings is 2. The van der Waals surface area contributed by atoms with Gasteiger partial charge in [-0.2, -0.15) is 4.31 Å². The second-order valence-electron chi connectivity index (χ2n) is 9.08. The van der Waals surface area contributed by atoms with Crippen molar-refractivity contribution in [2.45, 2.75) is 35.7 Å². The third-order valence-corrected chi connectivity index (χ3v) is 8.90. The Morgan fingerprint density at radius 3 is 2.37 bits per heavy atom. The van der Waals surface area contributed by atoms with Crippen molar-refractivity contribution < 1.29 is 13.5 Å². The lowest BCUT2D eigenvalue weighted by molar-refractivity contribution is -0.0553. The van der Waals surface area contributed by atoms with Crippen molar-refractivity contribution in [2.75, 3.05) is 26.2 Å². The Morgan fingerprint density at radius 1 is 0.914 bits per heavy atom. The van der Waals surface area contributed by atoms with E-state index in [0.29, 0.717) is 18.0 Å². The summed E-state index contributed by atoms with van der Waals surface area (Å²) in [5.41, 5.74) is 2.87. The average Bonchev–Trinajstić information content (AvgIpc) is 2.88. The van der Waals surface area contributed by atoms with Crippen LogP contribution < -0.4 is 0 Å². The monoisotopic (exact) mass is 487 g/mol. The van der Waals surface area contributed by atoms with Crippen LogP contribution in [-0.4, -0.2) is 66.0 Å². The molecule has 2 aliphatic heterocycles. The molecular formula is C28H29N3O3S. The Hall–Kier alpha value is -3.02. The highest BCUT2D eigenvalue weighted by molar-refractivity contribution is 7.89. The van der Waals surface area contributed by atoms with Gasteiger partial charge in [-0.15, -0.1) is 0 Å². The molecule has 6 nitrogen and oxygen atoms in total. The number of hydrogen-bond acceptors (Lipinski definition) is 5. The predicted octanol–water partition coefficient (Wildman–Crippen LogP) is 3.09. The molecule has 1 aromatic heterocycles. The molecular weight excluding hydrogens is 458 g/mol. The summed E-state index contributed by atoms with van der Waals surface area (Å²) in [4.78, 5) is 6.71. The van der Waals surface area contributed by atoms with Gasteiger partial charge >= 0.3 is 0 Å². The number of hydrogen-bond donors (Lipinski definition) is 1. The molecule has 2 saturated heterocycles. The fourth-order valence-electron chi connectivity index (χ4n) is 5.24. The van der Waals surface area contributed by atoms with E-state index in [1.807, 2.05) is 30.3 Å². The van der Waals surface area contributed by atoms with Crippen LogP contribution in [0.2, 0.25) is 0 Å². The first-order chi connectivity index (χ1) is 17.1. The minimum atomic E-state index is -3.57. The Bertz CT molecular complexity index is 1300. The summed E-state index contributed by atoms with van der Waals surface area (Å²) in [6.07, 6.45) is 5.17. The van der Waals surface area contributed by atoms with Crippen LogP contribution in [0.5, 0.6) is 0 Å². The van der Waals surface area contributed by atoms with Gasteiger partial charge in [0.15, 0.2) is 0 Å². The molecule has 0 radical (unpaired) electrons. The van der Waals surface area contributed by atoms with E-state index in [1.165, 1.54) is 0 Å². The van der Waals surface area contributed by atoms with E-state index < -0.39 is 10.0 Å². The number of aliphatic hydroxyl groups is 1. The van der Waals surface area contributed by atoms with E-state index in [0.717, 1.165) is 36.1 Å². The summed E-state index contributed by atoms with van der Waals surface area (Å²) in [5.74, 6) is 6.35. The number of rotatable bonds is 4. The van der Waals surface area contributed by atoms with E-state index in [1.54, 1.807) is 41.0 Å². The molecule has 35 heavy (non-hydrogen) atoms. The zero-order valence-corrected chi connectivity index (χ0v) is 20.3. The number of sulfonamides is 1. The second kappa shape index (κ2) is 10.3. The summed E-state index contributed by atoms with van der Waals surface area (Å²) in [6.45, 7) is 1.86. The molecule has 2 fully saturated rings. The maximum absolute atomic E-state index is 13.4. The van der Waals surface area contributed by atoms with Crippen molar-refractivity contribution in [3.8, 4) is 11.8 Å². The van der Waals surface area contributed by atoms with Crippen molar-refractivity contribution in [2.24, 2.45) is 0 Å². The minimum Gasteiger partial charge on any atom is -0.395 e. The molecule has 2 aromatic carbocycles. The van der Waals surface area contributed by atoms with Gasteiger partial charge in [0.25, 0.3) is 0 Å². The van der Waals surface area contributed by atoms with Crippen LogP contribution in [0.25, 0.3) is 0 Å². The first kappa shape index (κ1) is 23.7. The highest BCUT2D eigenvalue weighted by atomic mass is 32.2. The molecule has 0 amide bonds. The molecule has 5 rings (SSSR count). The molecule has 3 atom stereocenters. The van der Waals surface area contributed by atoms with Crippen LogP contribution in [0.15, 0.2) is 84.0 Å². The second-order valence-corrected chi connectivity index (χ2v) is 11.0. The van der Waals surface area contributed by atoms with Gasteiger partial charge in [-0.1, -0.05) is 42.2 Å². The molecule has 0 bridgehead atoms. The molecule has 0 saturated carbocycles. The van der Waals surface area contributed by atoms with Gasteiger partial charge in [0, 0.05) is 54.6 Å². The first-order valence-electron chi connectivity index (χ1n) is 12.0. The lowest BCUT2D eigenvalue weighted by Crippen LogP contribution is -2.67.